The van der Waals surface area contributed by atoms with Gasteiger partial charge < -0.3 is 9.64 Å². The molecule has 1 aromatic heterocycles. The topological polar surface area (TPSA) is 60.2 Å². The van der Waals surface area contributed by atoms with Crippen molar-refractivity contribution in [3.8, 4) is 5.75 Å². The minimum absolute atomic E-state index is 0.0944. The highest BCUT2D eigenvalue weighted by Gasteiger charge is 2.31. The molecule has 1 amide bonds. The first-order valence-corrected chi connectivity index (χ1v) is 12.5. The van der Waals surface area contributed by atoms with Crippen LogP contribution >= 0.6 is 35.1 Å². The summed E-state index contributed by atoms with van der Waals surface area (Å²) in [6, 6.07) is 15.8. The molecular formula is C22H21ClN4O2S2. The quantitative estimate of drug-likeness (QED) is 0.447. The van der Waals surface area contributed by atoms with Crippen LogP contribution in [0.25, 0.3) is 0 Å². The maximum atomic E-state index is 13.0. The number of halogens is 1. The highest BCUT2D eigenvalue weighted by molar-refractivity contribution is 8.00. The predicted molar refractivity (Wildman–Crippen MR) is 124 cm³/mol. The molecule has 31 heavy (non-hydrogen) atoms. The van der Waals surface area contributed by atoms with E-state index in [9.17, 15) is 4.79 Å². The van der Waals surface area contributed by atoms with Crippen molar-refractivity contribution < 1.29 is 9.53 Å². The van der Waals surface area contributed by atoms with Gasteiger partial charge in [-0.25, -0.2) is 0 Å². The van der Waals surface area contributed by atoms with Gasteiger partial charge in [0.2, 0.25) is 5.91 Å². The summed E-state index contributed by atoms with van der Waals surface area (Å²) in [4.78, 5) is 16.0. The monoisotopic (exact) mass is 472 g/mol. The van der Waals surface area contributed by atoms with Gasteiger partial charge in [0.05, 0.1) is 16.5 Å². The number of thioether (sulfide) groups is 2. The summed E-state index contributed by atoms with van der Waals surface area (Å²) in [5, 5.41) is 10.0. The molecule has 1 aliphatic heterocycles. The summed E-state index contributed by atoms with van der Waals surface area (Å²) in [5.74, 6) is 2.72. The number of benzene rings is 2. The number of amides is 1. The number of nitrogens with zero attached hydrogens (tertiary/aromatic N) is 4. The molecule has 160 valence electrons. The van der Waals surface area contributed by atoms with Crippen LogP contribution in [0.2, 0.25) is 5.02 Å². The van der Waals surface area contributed by atoms with Crippen LogP contribution in [0.5, 0.6) is 5.75 Å². The molecule has 0 saturated heterocycles. The zero-order valence-electron chi connectivity index (χ0n) is 16.7. The third kappa shape index (κ3) is 4.56. The molecule has 2 aromatic carbocycles. The second-order valence-corrected chi connectivity index (χ2v) is 9.86. The lowest BCUT2D eigenvalue weighted by Gasteiger charge is -2.28. The SMILES string of the molecule is O=C(CSc1nnc(COc2ccccc2Cl)n1C1CC1)N1CCSc2ccccc21. The van der Waals surface area contributed by atoms with Crippen LogP contribution in [0.4, 0.5) is 5.69 Å². The largest absolute Gasteiger partial charge is 0.484 e. The predicted octanol–water partition coefficient (Wildman–Crippen LogP) is 5.08. The van der Waals surface area contributed by atoms with Crippen LogP contribution in [0, 0.1) is 0 Å². The first-order chi connectivity index (χ1) is 15.2. The van der Waals surface area contributed by atoms with Gasteiger partial charge in [-0.05, 0) is 37.1 Å². The van der Waals surface area contributed by atoms with Crippen molar-refractivity contribution in [3.05, 3.63) is 59.4 Å². The summed E-state index contributed by atoms with van der Waals surface area (Å²) in [5.41, 5.74) is 1.00. The number of carbonyl (C=O) groups is 1. The smallest absolute Gasteiger partial charge is 0.237 e. The molecule has 2 aliphatic rings. The number of fused-ring (bicyclic) bond motifs is 1. The number of aromatic nitrogens is 3. The summed E-state index contributed by atoms with van der Waals surface area (Å²) >= 11 is 9.43. The summed E-state index contributed by atoms with van der Waals surface area (Å²) in [6.07, 6.45) is 2.19. The molecule has 0 spiro atoms. The van der Waals surface area contributed by atoms with Crippen molar-refractivity contribution in [2.45, 2.75) is 35.5 Å². The van der Waals surface area contributed by atoms with E-state index in [2.05, 4.69) is 20.8 Å². The van der Waals surface area contributed by atoms with Crippen molar-refractivity contribution in [2.75, 3.05) is 23.0 Å². The van der Waals surface area contributed by atoms with E-state index in [-0.39, 0.29) is 5.91 Å². The van der Waals surface area contributed by atoms with Crippen LogP contribution in [-0.4, -0.2) is 38.7 Å². The van der Waals surface area contributed by atoms with E-state index in [1.807, 2.05) is 41.3 Å². The van der Waals surface area contributed by atoms with Crippen molar-refractivity contribution >= 4 is 46.7 Å². The summed E-state index contributed by atoms with van der Waals surface area (Å²) in [7, 11) is 0. The number of hydrogen-bond donors (Lipinski definition) is 0. The number of hydrogen-bond acceptors (Lipinski definition) is 6. The van der Waals surface area contributed by atoms with Crippen molar-refractivity contribution in [3.63, 3.8) is 0 Å². The van der Waals surface area contributed by atoms with Gasteiger partial charge in [0, 0.05) is 23.2 Å². The van der Waals surface area contributed by atoms with Gasteiger partial charge >= 0.3 is 0 Å². The Hall–Kier alpha value is -2.16. The summed E-state index contributed by atoms with van der Waals surface area (Å²) in [6.45, 7) is 1.02. The Morgan fingerprint density at radius 2 is 1.97 bits per heavy atom. The Morgan fingerprint density at radius 3 is 2.81 bits per heavy atom. The molecular weight excluding hydrogens is 452 g/mol. The highest BCUT2D eigenvalue weighted by atomic mass is 35.5. The maximum absolute atomic E-state index is 13.0. The van der Waals surface area contributed by atoms with Crippen molar-refractivity contribution in [2.24, 2.45) is 0 Å². The Bertz CT molecular complexity index is 1100. The number of para-hydroxylation sites is 2. The Kier molecular flexibility index (Phi) is 6.11. The molecule has 1 fully saturated rings. The van der Waals surface area contributed by atoms with E-state index in [1.54, 1.807) is 17.8 Å². The van der Waals surface area contributed by atoms with Gasteiger partial charge in [-0.1, -0.05) is 47.6 Å². The van der Waals surface area contributed by atoms with Gasteiger partial charge in [-0.15, -0.1) is 22.0 Å². The molecule has 1 saturated carbocycles. The van der Waals surface area contributed by atoms with E-state index >= 15 is 0 Å². The Labute approximate surface area is 194 Å². The number of rotatable bonds is 7. The third-order valence-electron chi connectivity index (χ3n) is 5.19. The lowest BCUT2D eigenvalue weighted by atomic mass is 10.3. The molecule has 5 rings (SSSR count). The standard InChI is InChI=1S/C22H21ClN4O2S2/c23-16-5-1-3-7-18(16)29-13-20-24-25-22(27(20)15-9-10-15)31-14-21(28)26-11-12-30-19-8-4-2-6-17(19)26/h1-8,15H,9-14H2. The second-order valence-electron chi connectivity index (χ2n) is 7.37. The van der Waals surface area contributed by atoms with E-state index in [0.29, 0.717) is 29.2 Å². The molecule has 0 atom stereocenters. The lowest BCUT2D eigenvalue weighted by molar-refractivity contribution is -0.116. The van der Waals surface area contributed by atoms with E-state index < -0.39 is 0 Å². The minimum Gasteiger partial charge on any atom is -0.484 e. The van der Waals surface area contributed by atoms with Gasteiger partial charge in [0.15, 0.2) is 11.0 Å². The average Bonchev–Trinajstić information content (AvgIpc) is 3.56. The van der Waals surface area contributed by atoms with Crippen LogP contribution in [-0.2, 0) is 11.4 Å². The second kappa shape index (κ2) is 9.14. The number of ether oxygens (including phenoxy) is 1. The highest BCUT2D eigenvalue weighted by Crippen LogP contribution is 2.39. The first-order valence-electron chi connectivity index (χ1n) is 10.2. The third-order valence-corrected chi connectivity index (χ3v) is 7.48. The minimum atomic E-state index is 0.0944. The van der Waals surface area contributed by atoms with E-state index in [1.165, 1.54) is 11.8 Å². The fraction of sp³-hybridized carbons (Fsp3) is 0.318. The van der Waals surface area contributed by atoms with Gasteiger partial charge in [-0.3, -0.25) is 9.36 Å². The molecule has 0 N–H and O–H groups in total. The van der Waals surface area contributed by atoms with Crippen LogP contribution in [0.1, 0.15) is 24.7 Å². The Balaban J connectivity index is 1.27. The lowest BCUT2D eigenvalue weighted by Crippen LogP contribution is -2.36. The molecule has 0 unspecified atom stereocenters. The number of anilines is 1. The molecule has 1 aliphatic carbocycles. The summed E-state index contributed by atoms with van der Waals surface area (Å²) < 4.78 is 7.99. The molecule has 0 radical (unpaired) electrons. The Morgan fingerprint density at radius 1 is 1.16 bits per heavy atom. The zero-order chi connectivity index (χ0) is 21.2. The fourth-order valence-electron chi connectivity index (χ4n) is 3.54. The van der Waals surface area contributed by atoms with E-state index in [4.69, 9.17) is 16.3 Å². The average molecular weight is 473 g/mol. The van der Waals surface area contributed by atoms with Gasteiger partial charge in [0.25, 0.3) is 0 Å². The molecule has 6 nitrogen and oxygen atoms in total. The molecule has 3 aromatic rings. The van der Waals surface area contributed by atoms with E-state index in [0.717, 1.165) is 46.7 Å². The van der Waals surface area contributed by atoms with Crippen molar-refractivity contribution in [1.82, 2.24) is 14.8 Å². The molecule has 9 heteroatoms. The number of carbonyl (C=O) groups excluding carboxylic acids is 1. The van der Waals surface area contributed by atoms with Gasteiger partial charge in [0.1, 0.15) is 12.4 Å². The fourth-order valence-corrected chi connectivity index (χ4v) is 5.63. The zero-order valence-corrected chi connectivity index (χ0v) is 19.1. The maximum Gasteiger partial charge on any atom is 0.237 e. The van der Waals surface area contributed by atoms with Gasteiger partial charge in [-0.2, -0.15) is 0 Å². The molecule has 2 heterocycles. The first kappa shape index (κ1) is 20.7. The molecule has 0 bridgehead atoms. The van der Waals surface area contributed by atoms with Crippen LogP contribution < -0.4 is 9.64 Å². The van der Waals surface area contributed by atoms with Crippen molar-refractivity contribution in [1.29, 1.82) is 0 Å². The van der Waals surface area contributed by atoms with Crippen LogP contribution in [0.15, 0.2) is 58.6 Å². The van der Waals surface area contributed by atoms with Crippen LogP contribution in [0.3, 0.4) is 0 Å². The normalized spacial score (nSPS) is 15.6.